The van der Waals surface area contributed by atoms with Gasteiger partial charge in [0, 0.05) is 39.1 Å². The molecule has 0 radical (unpaired) electrons. The second-order valence-corrected chi connectivity index (χ2v) is 5.22. The summed E-state index contributed by atoms with van der Waals surface area (Å²) < 4.78 is 5.36. The summed E-state index contributed by atoms with van der Waals surface area (Å²) in [6.45, 7) is 6.86. The lowest BCUT2D eigenvalue weighted by Crippen LogP contribution is -2.46. The quantitative estimate of drug-likeness (QED) is 0.826. The number of hydrogen-bond acceptors (Lipinski definition) is 4. The van der Waals surface area contributed by atoms with E-state index in [0.29, 0.717) is 6.42 Å². The van der Waals surface area contributed by atoms with Crippen molar-refractivity contribution in [3.63, 3.8) is 0 Å². The fourth-order valence-corrected chi connectivity index (χ4v) is 2.58. The Morgan fingerprint density at radius 3 is 2.79 bits per heavy atom. The van der Waals surface area contributed by atoms with E-state index in [1.807, 2.05) is 12.1 Å². The van der Waals surface area contributed by atoms with E-state index in [1.165, 1.54) is 5.56 Å². The number of aliphatic hydroxyl groups is 1. The lowest BCUT2D eigenvalue weighted by atomic mass is 10.0. The van der Waals surface area contributed by atoms with Crippen LogP contribution in [-0.4, -0.2) is 55.9 Å². The van der Waals surface area contributed by atoms with Crippen LogP contribution in [0.1, 0.15) is 11.1 Å². The number of aliphatic hydroxyl groups excluding tert-OH is 1. The maximum absolute atomic E-state index is 10.2. The molecule has 4 heteroatoms. The predicted octanol–water partition coefficient (Wildman–Crippen LogP) is 0.812. The van der Waals surface area contributed by atoms with Gasteiger partial charge in [0.05, 0.1) is 13.2 Å². The Morgan fingerprint density at radius 1 is 1.37 bits per heavy atom. The first-order chi connectivity index (χ1) is 9.19. The van der Waals surface area contributed by atoms with Crippen LogP contribution >= 0.6 is 0 Å². The van der Waals surface area contributed by atoms with E-state index in [9.17, 15) is 5.11 Å². The van der Waals surface area contributed by atoms with Crippen LogP contribution in [0.4, 0.5) is 0 Å². The molecule has 106 valence electrons. The molecule has 0 aromatic heterocycles. The highest BCUT2D eigenvalue weighted by Crippen LogP contribution is 2.21. The van der Waals surface area contributed by atoms with Crippen molar-refractivity contribution in [2.24, 2.45) is 0 Å². The number of methoxy groups -OCH3 is 1. The third kappa shape index (κ3) is 4.20. The maximum atomic E-state index is 10.2. The summed E-state index contributed by atoms with van der Waals surface area (Å²) >= 11 is 0. The standard InChI is InChI=1S/C15H24N2O2/c1-12-3-4-15(19-2)13(9-12)10-14(18)11-17-7-5-16-6-8-17/h3-4,9,14,16,18H,5-8,10-11H2,1-2H3. The Morgan fingerprint density at radius 2 is 2.11 bits per heavy atom. The summed E-state index contributed by atoms with van der Waals surface area (Å²) in [5.41, 5.74) is 2.29. The van der Waals surface area contributed by atoms with Crippen molar-refractivity contribution < 1.29 is 9.84 Å². The molecule has 1 fully saturated rings. The van der Waals surface area contributed by atoms with E-state index in [4.69, 9.17) is 4.74 Å². The summed E-state index contributed by atoms with van der Waals surface area (Å²) in [6, 6.07) is 6.10. The molecule has 19 heavy (non-hydrogen) atoms. The molecule has 1 aliphatic heterocycles. The first-order valence-electron chi connectivity index (χ1n) is 6.93. The maximum Gasteiger partial charge on any atom is 0.122 e. The van der Waals surface area contributed by atoms with Gasteiger partial charge in [-0.25, -0.2) is 0 Å². The van der Waals surface area contributed by atoms with Crippen molar-refractivity contribution in [2.45, 2.75) is 19.4 Å². The van der Waals surface area contributed by atoms with Crippen LogP contribution in [0.15, 0.2) is 18.2 Å². The summed E-state index contributed by atoms with van der Waals surface area (Å²) in [7, 11) is 1.68. The van der Waals surface area contributed by atoms with Crippen LogP contribution in [0.3, 0.4) is 0 Å². The fourth-order valence-electron chi connectivity index (χ4n) is 2.58. The molecule has 0 saturated carbocycles. The molecule has 0 amide bonds. The minimum absolute atomic E-state index is 0.339. The third-order valence-corrected chi connectivity index (χ3v) is 3.57. The number of β-amino-alcohol motifs (C(OH)–C–C–N with tert-alkyl or cyclic N) is 1. The summed E-state index contributed by atoms with van der Waals surface area (Å²) in [5, 5.41) is 13.6. The second-order valence-electron chi connectivity index (χ2n) is 5.22. The Kier molecular flexibility index (Phi) is 5.19. The highest BCUT2D eigenvalue weighted by Gasteiger charge is 2.16. The van der Waals surface area contributed by atoms with Gasteiger partial charge < -0.3 is 15.2 Å². The molecule has 0 bridgehead atoms. The van der Waals surface area contributed by atoms with Crippen molar-refractivity contribution in [1.82, 2.24) is 10.2 Å². The number of hydrogen-bond donors (Lipinski definition) is 2. The Labute approximate surface area is 115 Å². The highest BCUT2D eigenvalue weighted by atomic mass is 16.5. The van der Waals surface area contributed by atoms with Crippen LogP contribution in [0.2, 0.25) is 0 Å². The van der Waals surface area contributed by atoms with Gasteiger partial charge in [0.2, 0.25) is 0 Å². The normalized spacial score (nSPS) is 18.3. The first-order valence-corrected chi connectivity index (χ1v) is 6.93. The van der Waals surface area contributed by atoms with Crippen LogP contribution in [0, 0.1) is 6.92 Å². The molecule has 0 spiro atoms. The molecule has 1 unspecified atom stereocenters. The van der Waals surface area contributed by atoms with Crippen molar-refractivity contribution in [1.29, 1.82) is 0 Å². The van der Waals surface area contributed by atoms with Gasteiger partial charge in [-0.1, -0.05) is 17.7 Å². The molecule has 1 atom stereocenters. The Hall–Kier alpha value is -1.10. The number of nitrogens with zero attached hydrogens (tertiary/aromatic N) is 1. The number of benzene rings is 1. The topological polar surface area (TPSA) is 44.7 Å². The van der Waals surface area contributed by atoms with Gasteiger partial charge in [0.15, 0.2) is 0 Å². The molecule has 1 saturated heterocycles. The molecule has 4 nitrogen and oxygen atoms in total. The molecule has 1 aliphatic rings. The number of aryl methyl sites for hydroxylation is 1. The van der Waals surface area contributed by atoms with Crippen molar-refractivity contribution in [2.75, 3.05) is 39.8 Å². The summed E-state index contributed by atoms with van der Waals surface area (Å²) in [4.78, 5) is 2.31. The SMILES string of the molecule is COc1ccc(C)cc1CC(O)CN1CCNCC1. The first kappa shape index (κ1) is 14.3. The van der Waals surface area contributed by atoms with Gasteiger partial charge in [-0.3, -0.25) is 4.90 Å². The van der Waals surface area contributed by atoms with Crippen LogP contribution < -0.4 is 10.1 Å². The van der Waals surface area contributed by atoms with E-state index in [2.05, 4.69) is 23.2 Å². The van der Waals surface area contributed by atoms with Gasteiger partial charge >= 0.3 is 0 Å². The number of ether oxygens (including phenoxy) is 1. The largest absolute Gasteiger partial charge is 0.496 e. The number of rotatable bonds is 5. The second kappa shape index (κ2) is 6.89. The zero-order valence-electron chi connectivity index (χ0n) is 11.9. The monoisotopic (exact) mass is 264 g/mol. The molecule has 1 heterocycles. The summed E-state index contributed by atoms with van der Waals surface area (Å²) in [5.74, 6) is 0.866. The number of nitrogens with one attached hydrogen (secondary N) is 1. The smallest absolute Gasteiger partial charge is 0.122 e. The van der Waals surface area contributed by atoms with E-state index in [-0.39, 0.29) is 6.10 Å². The molecule has 1 aromatic rings. The van der Waals surface area contributed by atoms with Crippen LogP contribution in [0.25, 0.3) is 0 Å². The molecule has 1 aromatic carbocycles. The summed E-state index contributed by atoms with van der Waals surface area (Å²) in [6.07, 6.45) is 0.309. The fraction of sp³-hybridized carbons (Fsp3) is 0.600. The zero-order valence-corrected chi connectivity index (χ0v) is 11.9. The van der Waals surface area contributed by atoms with Crippen LogP contribution in [0.5, 0.6) is 5.75 Å². The highest BCUT2D eigenvalue weighted by molar-refractivity contribution is 5.37. The zero-order chi connectivity index (χ0) is 13.7. The minimum Gasteiger partial charge on any atom is -0.496 e. The molecular weight excluding hydrogens is 240 g/mol. The average Bonchev–Trinajstić information content (AvgIpc) is 2.40. The van der Waals surface area contributed by atoms with Gasteiger partial charge in [-0.15, -0.1) is 0 Å². The van der Waals surface area contributed by atoms with Gasteiger partial charge in [-0.2, -0.15) is 0 Å². The lowest BCUT2D eigenvalue weighted by Gasteiger charge is -2.29. The predicted molar refractivity (Wildman–Crippen MR) is 76.8 cm³/mol. The van der Waals surface area contributed by atoms with Crippen molar-refractivity contribution >= 4 is 0 Å². The molecule has 2 N–H and O–H groups in total. The number of piperazine rings is 1. The van der Waals surface area contributed by atoms with E-state index in [1.54, 1.807) is 7.11 Å². The van der Waals surface area contributed by atoms with E-state index < -0.39 is 0 Å². The van der Waals surface area contributed by atoms with Crippen molar-refractivity contribution in [3.8, 4) is 5.75 Å². The molecule has 0 aliphatic carbocycles. The minimum atomic E-state index is -0.339. The Balaban J connectivity index is 1.93. The van der Waals surface area contributed by atoms with Crippen LogP contribution in [-0.2, 0) is 6.42 Å². The Bertz CT molecular complexity index is 403. The van der Waals surface area contributed by atoms with Gasteiger partial charge in [0.25, 0.3) is 0 Å². The van der Waals surface area contributed by atoms with Gasteiger partial charge in [-0.05, 0) is 18.6 Å². The molecular formula is C15H24N2O2. The van der Waals surface area contributed by atoms with Gasteiger partial charge in [0.1, 0.15) is 5.75 Å². The van der Waals surface area contributed by atoms with E-state index in [0.717, 1.165) is 44.0 Å². The molecule has 2 rings (SSSR count). The third-order valence-electron chi connectivity index (χ3n) is 3.57. The van der Waals surface area contributed by atoms with Crippen molar-refractivity contribution in [3.05, 3.63) is 29.3 Å². The van der Waals surface area contributed by atoms with E-state index >= 15 is 0 Å². The lowest BCUT2D eigenvalue weighted by molar-refractivity contribution is 0.105. The average molecular weight is 264 g/mol.